The van der Waals surface area contributed by atoms with Gasteiger partial charge in [-0.3, -0.25) is 0 Å². The number of aromatic nitrogens is 1. The van der Waals surface area contributed by atoms with E-state index in [0.29, 0.717) is 18.9 Å². The highest BCUT2D eigenvalue weighted by molar-refractivity contribution is 6.29. The fraction of sp³-hybridized carbons (Fsp3) is 0.500. The zero-order valence-corrected chi connectivity index (χ0v) is 9.42. The zero-order valence-electron chi connectivity index (χ0n) is 8.67. The lowest BCUT2D eigenvalue weighted by Gasteiger charge is -2.16. The Balaban J connectivity index is 2.85. The third kappa shape index (κ3) is 3.41. The largest absolute Gasteiger partial charge is 0.347 e. The summed E-state index contributed by atoms with van der Waals surface area (Å²) in [6, 6.07) is 2.74. The van der Waals surface area contributed by atoms with Crippen molar-refractivity contribution in [2.45, 2.75) is 20.1 Å². The number of nitrogens with zero attached hydrogens (tertiary/aromatic N) is 1. The Morgan fingerprint density at radius 3 is 2.40 bits per heavy atom. The zero-order chi connectivity index (χ0) is 11.3. The summed E-state index contributed by atoms with van der Waals surface area (Å²) in [5.74, 6) is -0.549. The highest BCUT2D eigenvalue weighted by atomic mass is 35.5. The van der Waals surface area contributed by atoms with Crippen molar-refractivity contribution in [2.75, 3.05) is 13.2 Å². The molecule has 0 spiro atoms. The third-order valence-electron chi connectivity index (χ3n) is 1.70. The Kier molecular flexibility index (Phi) is 4.94. The molecule has 3 nitrogen and oxygen atoms in total. The predicted octanol–water partition coefficient (Wildman–Crippen LogP) is 2.95. The second kappa shape index (κ2) is 6.00. The molecule has 0 saturated carbocycles. The smallest absolute Gasteiger partial charge is 0.201 e. The molecule has 0 atom stereocenters. The predicted molar refractivity (Wildman–Crippen MR) is 55.2 cm³/mol. The molecule has 1 rings (SSSR count). The lowest BCUT2D eigenvalue weighted by atomic mass is 10.3. The summed E-state index contributed by atoms with van der Waals surface area (Å²) in [6.07, 6.45) is -0.585. The highest BCUT2D eigenvalue weighted by Crippen LogP contribution is 2.20. The van der Waals surface area contributed by atoms with Crippen LogP contribution in [-0.2, 0) is 9.47 Å². The van der Waals surface area contributed by atoms with Crippen LogP contribution in [0.4, 0.5) is 4.39 Å². The van der Waals surface area contributed by atoms with E-state index in [0.717, 1.165) is 0 Å². The van der Waals surface area contributed by atoms with Crippen LogP contribution in [0.25, 0.3) is 0 Å². The molecule has 0 unspecified atom stereocenters. The fourth-order valence-corrected chi connectivity index (χ4v) is 1.24. The van der Waals surface area contributed by atoms with Crippen molar-refractivity contribution in [2.24, 2.45) is 0 Å². The molecule has 0 radical (unpaired) electrons. The monoisotopic (exact) mass is 233 g/mol. The van der Waals surface area contributed by atoms with Gasteiger partial charge >= 0.3 is 0 Å². The first-order valence-electron chi connectivity index (χ1n) is 4.74. The molecule has 0 saturated heterocycles. The fourth-order valence-electron chi connectivity index (χ4n) is 1.08. The van der Waals surface area contributed by atoms with Gasteiger partial charge in [0.15, 0.2) is 11.0 Å². The Morgan fingerprint density at radius 2 is 1.93 bits per heavy atom. The summed E-state index contributed by atoms with van der Waals surface area (Å²) >= 11 is 5.56. The minimum Gasteiger partial charge on any atom is -0.347 e. The van der Waals surface area contributed by atoms with Gasteiger partial charge in [-0.05, 0) is 26.0 Å². The summed E-state index contributed by atoms with van der Waals surface area (Å²) in [4.78, 5) is 3.85. The molecule has 1 aromatic rings. The minimum atomic E-state index is -0.585. The summed E-state index contributed by atoms with van der Waals surface area (Å²) in [5, 5.41) is -0.170. The minimum absolute atomic E-state index is 0.170. The van der Waals surface area contributed by atoms with Gasteiger partial charge in [0.1, 0.15) is 0 Å². The standard InChI is InChI=1S/C10H13ClFNO2/c1-3-14-10(15-4-2)8-6-5-7(12)9(11)13-8/h5-6,10H,3-4H2,1-2H3. The molecule has 0 aliphatic heterocycles. The maximum absolute atomic E-state index is 12.9. The number of ether oxygens (including phenoxy) is 2. The van der Waals surface area contributed by atoms with Crippen LogP contribution in [0.3, 0.4) is 0 Å². The molecule has 0 aliphatic carbocycles. The van der Waals surface area contributed by atoms with E-state index in [1.807, 2.05) is 13.8 Å². The molecule has 15 heavy (non-hydrogen) atoms. The van der Waals surface area contributed by atoms with Gasteiger partial charge in [-0.15, -0.1) is 0 Å². The van der Waals surface area contributed by atoms with Crippen molar-refractivity contribution in [1.29, 1.82) is 0 Å². The van der Waals surface area contributed by atoms with Crippen molar-refractivity contribution in [1.82, 2.24) is 4.98 Å². The normalized spacial score (nSPS) is 11.0. The highest BCUT2D eigenvalue weighted by Gasteiger charge is 2.14. The molecule has 84 valence electrons. The Labute approximate surface area is 93.2 Å². The summed E-state index contributed by atoms with van der Waals surface area (Å²) in [7, 11) is 0. The Morgan fingerprint density at radius 1 is 1.33 bits per heavy atom. The lowest BCUT2D eigenvalue weighted by molar-refractivity contribution is -0.142. The van der Waals surface area contributed by atoms with Gasteiger partial charge in [-0.1, -0.05) is 11.6 Å². The molecule has 0 amide bonds. The number of hydrogen-bond acceptors (Lipinski definition) is 3. The summed E-state index contributed by atoms with van der Waals surface area (Å²) < 4.78 is 23.5. The van der Waals surface area contributed by atoms with E-state index in [-0.39, 0.29) is 5.15 Å². The van der Waals surface area contributed by atoms with E-state index < -0.39 is 12.1 Å². The molecule has 0 aliphatic rings. The second-order valence-electron chi connectivity index (χ2n) is 2.75. The van der Waals surface area contributed by atoms with Crippen LogP contribution in [0.5, 0.6) is 0 Å². The van der Waals surface area contributed by atoms with Gasteiger partial charge in [0, 0.05) is 13.2 Å². The average Bonchev–Trinajstić information content (AvgIpc) is 2.22. The number of hydrogen-bond donors (Lipinski definition) is 0. The third-order valence-corrected chi connectivity index (χ3v) is 1.97. The molecule has 0 aromatic carbocycles. The number of pyridine rings is 1. The quantitative estimate of drug-likeness (QED) is 0.579. The molecule has 0 fully saturated rings. The molecule has 0 bridgehead atoms. The molecule has 1 heterocycles. The van der Waals surface area contributed by atoms with E-state index in [1.54, 1.807) is 0 Å². The van der Waals surface area contributed by atoms with Crippen molar-refractivity contribution in [3.05, 3.63) is 28.8 Å². The summed E-state index contributed by atoms with van der Waals surface area (Å²) in [6.45, 7) is 4.66. The van der Waals surface area contributed by atoms with Gasteiger partial charge in [0.05, 0.1) is 5.69 Å². The first-order valence-corrected chi connectivity index (χ1v) is 5.12. The first-order chi connectivity index (χ1) is 7.19. The molecule has 0 N–H and O–H groups in total. The average molecular weight is 234 g/mol. The van der Waals surface area contributed by atoms with Gasteiger partial charge in [-0.2, -0.15) is 0 Å². The van der Waals surface area contributed by atoms with Crippen molar-refractivity contribution in [3.63, 3.8) is 0 Å². The number of halogens is 2. The van der Waals surface area contributed by atoms with Gasteiger partial charge in [0.25, 0.3) is 0 Å². The maximum atomic E-state index is 12.9. The summed E-state index contributed by atoms with van der Waals surface area (Å²) in [5.41, 5.74) is 0.477. The SMILES string of the molecule is CCOC(OCC)c1ccc(F)c(Cl)n1. The number of rotatable bonds is 5. The molecule has 5 heteroatoms. The molecular formula is C10H13ClFNO2. The van der Waals surface area contributed by atoms with E-state index in [4.69, 9.17) is 21.1 Å². The van der Waals surface area contributed by atoms with Gasteiger partial charge in [0.2, 0.25) is 6.29 Å². The van der Waals surface area contributed by atoms with Crippen LogP contribution in [0.1, 0.15) is 25.8 Å². The topological polar surface area (TPSA) is 31.4 Å². The lowest BCUT2D eigenvalue weighted by Crippen LogP contribution is -2.10. The van der Waals surface area contributed by atoms with Crippen molar-refractivity contribution in [3.8, 4) is 0 Å². The van der Waals surface area contributed by atoms with E-state index in [2.05, 4.69) is 4.98 Å². The van der Waals surface area contributed by atoms with E-state index >= 15 is 0 Å². The van der Waals surface area contributed by atoms with Crippen LogP contribution in [0.15, 0.2) is 12.1 Å². The van der Waals surface area contributed by atoms with Crippen molar-refractivity contribution < 1.29 is 13.9 Å². The van der Waals surface area contributed by atoms with Gasteiger partial charge in [-0.25, -0.2) is 9.37 Å². The van der Waals surface area contributed by atoms with E-state index in [9.17, 15) is 4.39 Å². The maximum Gasteiger partial charge on any atom is 0.201 e. The van der Waals surface area contributed by atoms with Gasteiger partial charge < -0.3 is 9.47 Å². The van der Waals surface area contributed by atoms with Crippen LogP contribution >= 0.6 is 11.6 Å². The van der Waals surface area contributed by atoms with Crippen LogP contribution in [0, 0.1) is 5.82 Å². The van der Waals surface area contributed by atoms with Crippen LogP contribution in [0.2, 0.25) is 5.15 Å². The first kappa shape index (κ1) is 12.4. The molecule has 1 aromatic heterocycles. The van der Waals surface area contributed by atoms with Crippen molar-refractivity contribution >= 4 is 11.6 Å². The van der Waals surface area contributed by atoms with E-state index in [1.165, 1.54) is 12.1 Å². The second-order valence-corrected chi connectivity index (χ2v) is 3.11. The Hall–Kier alpha value is -0.710. The van der Waals surface area contributed by atoms with Crippen LogP contribution < -0.4 is 0 Å². The Bertz CT molecular complexity index is 316. The van der Waals surface area contributed by atoms with Crippen LogP contribution in [-0.4, -0.2) is 18.2 Å². The molecular weight excluding hydrogens is 221 g/mol.